The van der Waals surface area contributed by atoms with E-state index in [1.165, 1.54) is 6.42 Å². The summed E-state index contributed by atoms with van der Waals surface area (Å²) in [7, 11) is 0. The molecule has 1 aliphatic heterocycles. The van der Waals surface area contributed by atoms with E-state index in [-0.39, 0.29) is 17.9 Å². The van der Waals surface area contributed by atoms with Crippen LogP contribution in [0.25, 0.3) is 0 Å². The topological polar surface area (TPSA) is 93.3 Å². The second-order valence-electron chi connectivity index (χ2n) is 8.81. The minimum Gasteiger partial charge on any atom is -0.365 e. The van der Waals surface area contributed by atoms with Crippen LogP contribution in [-0.2, 0) is 4.79 Å². The zero-order valence-electron chi connectivity index (χ0n) is 17.9. The average Bonchev–Trinajstić information content (AvgIpc) is 3.19. The fourth-order valence-electron chi connectivity index (χ4n) is 4.87. The van der Waals surface area contributed by atoms with Crippen molar-refractivity contribution in [3.8, 4) is 0 Å². The lowest BCUT2D eigenvalue weighted by Crippen LogP contribution is -2.42. The number of carbonyl (C=O) groups is 2. The molecule has 166 valence electrons. The van der Waals surface area contributed by atoms with Gasteiger partial charge in [-0.2, -0.15) is 5.10 Å². The Morgan fingerprint density at radius 3 is 2.48 bits per heavy atom. The number of carbonyl (C=O) groups excluding carboxylic acids is 2. The van der Waals surface area contributed by atoms with E-state index in [1.807, 2.05) is 16.8 Å². The van der Waals surface area contributed by atoms with E-state index in [0.717, 1.165) is 50.9 Å². The largest absolute Gasteiger partial charge is 0.365 e. The van der Waals surface area contributed by atoms with Gasteiger partial charge in [0.15, 0.2) is 5.82 Å². The fraction of sp³-hybridized carbons (Fsp3) is 0.522. The van der Waals surface area contributed by atoms with Crippen molar-refractivity contribution in [2.45, 2.75) is 51.5 Å². The molecule has 2 amide bonds. The Balaban J connectivity index is 1.47. The Labute approximate surface area is 187 Å². The van der Waals surface area contributed by atoms with Crippen molar-refractivity contribution in [1.29, 1.82) is 0 Å². The summed E-state index contributed by atoms with van der Waals surface area (Å²) < 4.78 is 1.85. The maximum absolute atomic E-state index is 12.9. The number of aromatic nitrogens is 2. The van der Waals surface area contributed by atoms with Crippen molar-refractivity contribution in [3.05, 3.63) is 41.0 Å². The quantitative estimate of drug-likeness (QED) is 0.717. The van der Waals surface area contributed by atoms with Crippen molar-refractivity contribution in [2.75, 3.05) is 18.4 Å². The predicted molar refractivity (Wildman–Crippen MR) is 121 cm³/mol. The van der Waals surface area contributed by atoms with E-state index in [9.17, 15) is 9.59 Å². The second kappa shape index (κ2) is 9.30. The molecule has 8 heteroatoms. The SMILES string of the molecule is C[C@H]1C[C@@H](C(=O)N2CCCCC2)CC[C@@H]1n1cc(C(N)=O)c(Nc2ccc(Cl)cc2)n1. The Morgan fingerprint density at radius 1 is 1.13 bits per heavy atom. The lowest BCUT2D eigenvalue weighted by molar-refractivity contribution is -0.138. The highest BCUT2D eigenvalue weighted by Crippen LogP contribution is 2.38. The molecule has 1 aliphatic carbocycles. The number of likely N-dealkylation sites (tertiary alicyclic amines) is 1. The molecule has 1 aromatic heterocycles. The van der Waals surface area contributed by atoms with Gasteiger partial charge in [-0.3, -0.25) is 14.3 Å². The Morgan fingerprint density at radius 2 is 1.84 bits per heavy atom. The first kappa shape index (κ1) is 21.7. The first-order valence-corrected chi connectivity index (χ1v) is 11.5. The summed E-state index contributed by atoms with van der Waals surface area (Å²) >= 11 is 5.95. The lowest BCUT2D eigenvalue weighted by atomic mass is 9.78. The Bertz CT molecular complexity index is 936. The number of hydrogen-bond acceptors (Lipinski definition) is 4. The summed E-state index contributed by atoms with van der Waals surface area (Å²) in [5.74, 6) is 0.588. The number of nitrogens with one attached hydrogen (secondary N) is 1. The molecule has 0 radical (unpaired) electrons. The third kappa shape index (κ3) is 4.87. The van der Waals surface area contributed by atoms with Crippen LogP contribution in [0, 0.1) is 11.8 Å². The first-order chi connectivity index (χ1) is 14.9. The van der Waals surface area contributed by atoms with Crippen LogP contribution in [0.4, 0.5) is 11.5 Å². The highest BCUT2D eigenvalue weighted by molar-refractivity contribution is 6.30. The number of primary amides is 1. The molecular weight excluding hydrogens is 414 g/mol. The number of nitrogens with zero attached hydrogens (tertiary/aromatic N) is 3. The standard InChI is InChI=1S/C23H30ClN5O2/c1-15-13-16(23(31)28-11-3-2-4-12-28)5-10-20(15)29-14-19(21(25)30)22(27-29)26-18-8-6-17(24)7-9-18/h6-9,14-16,20H,2-5,10-13H2,1H3,(H2,25,30)(H,26,27)/t15-,16-,20-/m0/s1. The monoisotopic (exact) mass is 443 g/mol. The zero-order chi connectivity index (χ0) is 22.0. The number of benzene rings is 1. The minimum atomic E-state index is -0.524. The molecule has 3 atom stereocenters. The van der Waals surface area contributed by atoms with Crippen LogP contribution < -0.4 is 11.1 Å². The van der Waals surface area contributed by atoms with Gasteiger partial charge >= 0.3 is 0 Å². The summed E-state index contributed by atoms with van der Waals surface area (Å²) in [4.78, 5) is 27.0. The summed E-state index contributed by atoms with van der Waals surface area (Å²) in [6, 6.07) is 7.32. The molecule has 1 saturated carbocycles. The van der Waals surface area contributed by atoms with Crippen molar-refractivity contribution in [2.24, 2.45) is 17.6 Å². The van der Waals surface area contributed by atoms with Crippen molar-refractivity contribution in [3.63, 3.8) is 0 Å². The molecule has 2 heterocycles. The van der Waals surface area contributed by atoms with Crippen LogP contribution >= 0.6 is 11.6 Å². The van der Waals surface area contributed by atoms with E-state index < -0.39 is 5.91 Å². The number of piperidine rings is 1. The van der Waals surface area contributed by atoms with Gasteiger partial charge in [0.1, 0.15) is 5.56 Å². The summed E-state index contributed by atoms with van der Waals surface area (Å²) in [6.45, 7) is 3.96. The van der Waals surface area contributed by atoms with Crippen LogP contribution in [-0.4, -0.2) is 39.6 Å². The average molecular weight is 444 g/mol. The van der Waals surface area contributed by atoms with Crippen molar-refractivity contribution in [1.82, 2.24) is 14.7 Å². The number of rotatable bonds is 5. The molecule has 3 N–H and O–H groups in total. The summed E-state index contributed by atoms with van der Waals surface area (Å²) in [5, 5.41) is 8.47. The van der Waals surface area contributed by atoms with E-state index in [0.29, 0.717) is 22.3 Å². The highest BCUT2D eigenvalue weighted by atomic mass is 35.5. The molecular formula is C23H30ClN5O2. The Kier molecular flexibility index (Phi) is 6.51. The lowest BCUT2D eigenvalue weighted by Gasteiger charge is -2.37. The molecule has 2 aliphatic rings. The summed E-state index contributed by atoms with van der Waals surface area (Å²) in [5.41, 5.74) is 6.74. The van der Waals surface area contributed by atoms with Crippen LogP contribution in [0.2, 0.25) is 5.02 Å². The number of hydrogen-bond donors (Lipinski definition) is 2. The third-order valence-corrected chi connectivity index (χ3v) is 6.84. The van der Waals surface area contributed by atoms with Gasteiger partial charge in [-0.1, -0.05) is 18.5 Å². The van der Waals surface area contributed by atoms with Gasteiger partial charge in [-0.05, 0) is 68.7 Å². The van der Waals surface area contributed by atoms with Crippen LogP contribution in [0.15, 0.2) is 30.5 Å². The highest BCUT2D eigenvalue weighted by Gasteiger charge is 2.35. The van der Waals surface area contributed by atoms with Gasteiger partial charge in [0.05, 0.1) is 6.04 Å². The van der Waals surface area contributed by atoms with E-state index in [4.69, 9.17) is 17.3 Å². The van der Waals surface area contributed by atoms with E-state index >= 15 is 0 Å². The van der Waals surface area contributed by atoms with E-state index in [1.54, 1.807) is 18.3 Å². The van der Waals surface area contributed by atoms with E-state index in [2.05, 4.69) is 22.2 Å². The first-order valence-electron chi connectivity index (χ1n) is 11.1. The van der Waals surface area contributed by atoms with Crippen LogP contribution in [0.3, 0.4) is 0 Å². The van der Waals surface area contributed by atoms with Crippen LogP contribution in [0.1, 0.15) is 61.8 Å². The van der Waals surface area contributed by atoms with Gasteiger partial charge in [0.25, 0.3) is 5.91 Å². The van der Waals surface area contributed by atoms with Gasteiger partial charge in [-0.25, -0.2) is 0 Å². The smallest absolute Gasteiger partial charge is 0.254 e. The summed E-state index contributed by atoms with van der Waals surface area (Å²) in [6.07, 6.45) is 7.72. The molecule has 2 aromatic rings. The van der Waals surface area contributed by atoms with Crippen LogP contribution in [0.5, 0.6) is 0 Å². The maximum Gasteiger partial charge on any atom is 0.254 e. The zero-order valence-corrected chi connectivity index (χ0v) is 18.6. The molecule has 0 bridgehead atoms. The molecule has 4 rings (SSSR count). The Hall–Kier alpha value is -2.54. The molecule has 31 heavy (non-hydrogen) atoms. The molecule has 1 saturated heterocycles. The predicted octanol–water partition coefficient (Wildman–Crippen LogP) is 4.37. The molecule has 7 nitrogen and oxygen atoms in total. The normalized spacial score (nSPS) is 24.1. The van der Waals surface area contributed by atoms with Gasteiger partial charge in [0.2, 0.25) is 5.91 Å². The molecule has 2 fully saturated rings. The third-order valence-electron chi connectivity index (χ3n) is 6.59. The number of amides is 2. The molecule has 0 unspecified atom stereocenters. The minimum absolute atomic E-state index is 0.0854. The van der Waals surface area contributed by atoms with Gasteiger partial charge < -0.3 is 16.0 Å². The fourth-order valence-corrected chi connectivity index (χ4v) is 5.00. The van der Waals surface area contributed by atoms with Crippen molar-refractivity contribution < 1.29 is 9.59 Å². The molecule has 0 spiro atoms. The van der Waals surface area contributed by atoms with Crippen molar-refractivity contribution >= 4 is 34.9 Å². The maximum atomic E-state index is 12.9. The van der Waals surface area contributed by atoms with Gasteiger partial charge in [-0.15, -0.1) is 0 Å². The second-order valence-corrected chi connectivity index (χ2v) is 9.24. The number of anilines is 2. The number of halogens is 1. The number of nitrogens with two attached hydrogens (primary N) is 1. The molecule has 1 aromatic carbocycles. The van der Waals surface area contributed by atoms with Gasteiger partial charge in [0, 0.05) is 35.9 Å².